The summed E-state index contributed by atoms with van der Waals surface area (Å²) in [5.41, 5.74) is 0.427. The van der Waals surface area contributed by atoms with Crippen LogP contribution in [0.4, 0.5) is 0 Å². The Labute approximate surface area is 107 Å². The van der Waals surface area contributed by atoms with Crippen LogP contribution < -0.4 is 0 Å². The zero-order valence-electron chi connectivity index (χ0n) is 11.1. The smallest absolute Gasteiger partial charge is 0.335 e. The van der Waals surface area contributed by atoms with E-state index in [9.17, 15) is 9.59 Å². The molecule has 0 amide bonds. The molecule has 1 aromatic carbocycles. The van der Waals surface area contributed by atoms with Crippen LogP contribution in [0.5, 0.6) is 0 Å². The maximum Gasteiger partial charge on any atom is 0.335 e. The van der Waals surface area contributed by atoms with Gasteiger partial charge in [-0.2, -0.15) is 0 Å². The third kappa shape index (κ3) is 3.87. The molecule has 0 aliphatic rings. The first kappa shape index (κ1) is 14.2. The van der Waals surface area contributed by atoms with Crippen LogP contribution in [0, 0.1) is 0 Å². The summed E-state index contributed by atoms with van der Waals surface area (Å²) in [6.07, 6.45) is 0. The first-order valence-electron chi connectivity index (χ1n) is 5.77. The summed E-state index contributed by atoms with van der Waals surface area (Å²) >= 11 is 0. The molecule has 1 rings (SSSR count). The molecule has 1 aromatic rings. The number of rotatable bonds is 3. The largest absolute Gasteiger partial charge is 0.478 e. The van der Waals surface area contributed by atoms with Crippen molar-refractivity contribution < 1.29 is 19.4 Å². The van der Waals surface area contributed by atoms with E-state index in [1.807, 2.05) is 20.8 Å². The van der Waals surface area contributed by atoms with E-state index in [-0.39, 0.29) is 11.5 Å². The van der Waals surface area contributed by atoms with Gasteiger partial charge in [-0.15, -0.1) is 0 Å². The molecule has 1 unspecified atom stereocenters. The van der Waals surface area contributed by atoms with Crippen LogP contribution in [0.3, 0.4) is 0 Å². The van der Waals surface area contributed by atoms with E-state index in [0.717, 1.165) is 5.56 Å². The molecule has 0 fully saturated rings. The van der Waals surface area contributed by atoms with Gasteiger partial charge in [0.15, 0.2) is 0 Å². The number of hydrogen-bond acceptors (Lipinski definition) is 3. The van der Waals surface area contributed by atoms with Crippen molar-refractivity contribution in [1.29, 1.82) is 0 Å². The summed E-state index contributed by atoms with van der Waals surface area (Å²) in [7, 11) is 0. The lowest BCUT2D eigenvalue weighted by atomic mass is 9.99. The Bertz CT molecular complexity index is 440. The van der Waals surface area contributed by atoms with Crippen molar-refractivity contribution in [2.24, 2.45) is 0 Å². The average molecular weight is 250 g/mol. The van der Waals surface area contributed by atoms with Gasteiger partial charge in [0, 0.05) is 0 Å². The molecule has 0 radical (unpaired) electrons. The fraction of sp³-hybridized carbons (Fsp3) is 0.429. The molecule has 0 aliphatic carbocycles. The van der Waals surface area contributed by atoms with Crippen molar-refractivity contribution in [3.8, 4) is 0 Å². The van der Waals surface area contributed by atoms with Gasteiger partial charge in [0.05, 0.1) is 11.5 Å². The highest BCUT2D eigenvalue weighted by Gasteiger charge is 2.22. The topological polar surface area (TPSA) is 63.6 Å². The van der Waals surface area contributed by atoms with Crippen molar-refractivity contribution in [3.63, 3.8) is 0 Å². The van der Waals surface area contributed by atoms with Crippen LogP contribution in [0.25, 0.3) is 0 Å². The standard InChI is InChI=1S/C14H18O4/c1-9(13(17)18-14(2,3)4)10-5-7-11(8-6-10)12(15)16/h5-9H,1-4H3,(H,15,16). The molecule has 0 spiro atoms. The van der Waals surface area contributed by atoms with Gasteiger partial charge in [0.25, 0.3) is 0 Å². The maximum atomic E-state index is 11.8. The van der Waals surface area contributed by atoms with Crippen LogP contribution in [-0.4, -0.2) is 22.6 Å². The van der Waals surface area contributed by atoms with Crippen LogP contribution >= 0.6 is 0 Å². The molecule has 0 saturated heterocycles. The van der Waals surface area contributed by atoms with Crippen molar-refractivity contribution in [3.05, 3.63) is 35.4 Å². The molecule has 0 heterocycles. The van der Waals surface area contributed by atoms with Gasteiger partial charge in [-0.1, -0.05) is 12.1 Å². The third-order valence-electron chi connectivity index (χ3n) is 2.42. The quantitative estimate of drug-likeness (QED) is 0.838. The molecule has 0 saturated carbocycles. The number of carboxylic acids is 1. The highest BCUT2D eigenvalue weighted by Crippen LogP contribution is 2.20. The van der Waals surface area contributed by atoms with Crippen LogP contribution in [0.15, 0.2) is 24.3 Å². The molecule has 1 N–H and O–H groups in total. The minimum absolute atomic E-state index is 0.204. The second-order valence-electron chi connectivity index (χ2n) is 5.18. The zero-order chi connectivity index (χ0) is 13.9. The molecule has 18 heavy (non-hydrogen) atoms. The fourth-order valence-corrected chi connectivity index (χ4v) is 1.44. The van der Waals surface area contributed by atoms with Gasteiger partial charge in [0.2, 0.25) is 0 Å². The summed E-state index contributed by atoms with van der Waals surface area (Å²) in [4.78, 5) is 22.6. The van der Waals surface area contributed by atoms with Crippen molar-refractivity contribution in [1.82, 2.24) is 0 Å². The molecule has 0 aromatic heterocycles. The Balaban J connectivity index is 2.81. The molecule has 4 nitrogen and oxygen atoms in total. The Kier molecular flexibility index (Phi) is 4.11. The molecule has 1 atom stereocenters. The van der Waals surface area contributed by atoms with Gasteiger partial charge < -0.3 is 9.84 Å². The number of carbonyl (C=O) groups is 2. The lowest BCUT2D eigenvalue weighted by molar-refractivity contribution is -0.156. The predicted octanol–water partition coefficient (Wildman–Crippen LogP) is 2.83. The Hall–Kier alpha value is -1.84. The van der Waals surface area contributed by atoms with Crippen LogP contribution in [0.2, 0.25) is 0 Å². The van der Waals surface area contributed by atoms with Gasteiger partial charge in [-0.05, 0) is 45.4 Å². The first-order chi connectivity index (χ1) is 8.20. The Morgan fingerprint density at radius 3 is 2.06 bits per heavy atom. The summed E-state index contributed by atoms with van der Waals surface area (Å²) in [5, 5.41) is 8.78. The molecular weight excluding hydrogens is 232 g/mol. The number of carbonyl (C=O) groups excluding carboxylic acids is 1. The van der Waals surface area contributed by atoms with Gasteiger partial charge in [0.1, 0.15) is 5.60 Å². The molecule has 0 bridgehead atoms. The number of hydrogen-bond donors (Lipinski definition) is 1. The number of esters is 1. The maximum absolute atomic E-state index is 11.8. The average Bonchev–Trinajstić information content (AvgIpc) is 2.26. The number of ether oxygens (including phenoxy) is 1. The van der Waals surface area contributed by atoms with Crippen molar-refractivity contribution in [2.75, 3.05) is 0 Å². The Morgan fingerprint density at radius 1 is 1.17 bits per heavy atom. The SMILES string of the molecule is CC(C(=O)OC(C)(C)C)c1ccc(C(=O)O)cc1. The van der Waals surface area contributed by atoms with E-state index >= 15 is 0 Å². The van der Waals surface area contributed by atoms with E-state index in [1.54, 1.807) is 19.1 Å². The van der Waals surface area contributed by atoms with Crippen LogP contribution in [-0.2, 0) is 9.53 Å². The zero-order valence-corrected chi connectivity index (χ0v) is 11.1. The fourth-order valence-electron chi connectivity index (χ4n) is 1.44. The van der Waals surface area contributed by atoms with Crippen molar-refractivity contribution in [2.45, 2.75) is 39.2 Å². The van der Waals surface area contributed by atoms with Gasteiger partial charge >= 0.3 is 11.9 Å². The number of aromatic carboxylic acids is 1. The molecule has 98 valence electrons. The normalized spacial score (nSPS) is 12.9. The van der Waals surface area contributed by atoms with Gasteiger partial charge in [-0.25, -0.2) is 4.79 Å². The van der Waals surface area contributed by atoms with Gasteiger partial charge in [-0.3, -0.25) is 4.79 Å². The number of carboxylic acid groups (broad SMARTS) is 1. The first-order valence-corrected chi connectivity index (χ1v) is 5.77. The highest BCUT2D eigenvalue weighted by molar-refractivity contribution is 5.87. The van der Waals surface area contributed by atoms with E-state index < -0.39 is 17.5 Å². The number of benzene rings is 1. The summed E-state index contributed by atoms with van der Waals surface area (Å²) < 4.78 is 5.28. The second-order valence-corrected chi connectivity index (χ2v) is 5.18. The summed E-state index contributed by atoms with van der Waals surface area (Å²) in [5.74, 6) is -1.70. The second kappa shape index (κ2) is 5.21. The highest BCUT2D eigenvalue weighted by atomic mass is 16.6. The molecule has 4 heteroatoms. The minimum atomic E-state index is -0.980. The van der Waals surface area contributed by atoms with E-state index in [2.05, 4.69) is 0 Å². The minimum Gasteiger partial charge on any atom is -0.478 e. The molecular formula is C14H18O4. The van der Waals surface area contributed by atoms with E-state index in [4.69, 9.17) is 9.84 Å². The van der Waals surface area contributed by atoms with Crippen molar-refractivity contribution >= 4 is 11.9 Å². The summed E-state index contributed by atoms with van der Waals surface area (Å²) in [6, 6.07) is 6.24. The predicted molar refractivity (Wildman–Crippen MR) is 67.7 cm³/mol. The monoisotopic (exact) mass is 250 g/mol. The summed E-state index contributed by atoms with van der Waals surface area (Å²) in [6.45, 7) is 7.17. The third-order valence-corrected chi connectivity index (χ3v) is 2.42. The van der Waals surface area contributed by atoms with E-state index in [1.165, 1.54) is 12.1 Å². The lowest BCUT2D eigenvalue weighted by Gasteiger charge is -2.22. The Morgan fingerprint density at radius 2 is 1.67 bits per heavy atom. The van der Waals surface area contributed by atoms with Crippen LogP contribution in [0.1, 0.15) is 49.5 Å². The van der Waals surface area contributed by atoms with E-state index in [0.29, 0.717) is 0 Å². The molecule has 0 aliphatic heterocycles. The lowest BCUT2D eigenvalue weighted by Crippen LogP contribution is -2.26.